The van der Waals surface area contributed by atoms with Gasteiger partial charge in [0, 0.05) is 11.3 Å². The molecule has 3 nitrogen and oxygen atoms in total. The molecule has 0 saturated heterocycles. The lowest BCUT2D eigenvalue weighted by Gasteiger charge is -2.05. The van der Waals surface area contributed by atoms with Crippen LogP contribution in [-0.2, 0) is 0 Å². The number of methoxy groups -OCH3 is 1. The van der Waals surface area contributed by atoms with Gasteiger partial charge in [-0.2, -0.15) is 0 Å². The largest absolute Gasteiger partial charge is 0.497 e. The normalized spacial score (nSPS) is 10.6. The quantitative estimate of drug-likeness (QED) is 0.517. The SMILES string of the molecule is COc1ccc(N)c(C(=O)/C=C/c2ccccc2)c1. The Morgan fingerprint density at radius 1 is 1.16 bits per heavy atom. The van der Waals surface area contributed by atoms with E-state index < -0.39 is 0 Å². The molecular weight excluding hydrogens is 238 g/mol. The third kappa shape index (κ3) is 3.22. The van der Waals surface area contributed by atoms with E-state index in [9.17, 15) is 4.79 Å². The lowest BCUT2D eigenvalue weighted by atomic mass is 10.1. The molecule has 0 amide bonds. The summed E-state index contributed by atoms with van der Waals surface area (Å²) < 4.78 is 5.09. The average molecular weight is 253 g/mol. The van der Waals surface area contributed by atoms with Gasteiger partial charge in [-0.15, -0.1) is 0 Å². The number of allylic oxidation sites excluding steroid dienone is 1. The Labute approximate surface area is 112 Å². The molecule has 3 heteroatoms. The number of hydrogen-bond donors (Lipinski definition) is 1. The molecule has 2 aromatic rings. The number of carbonyl (C=O) groups is 1. The molecule has 0 aliphatic rings. The van der Waals surface area contributed by atoms with Crippen molar-refractivity contribution in [2.24, 2.45) is 0 Å². The highest BCUT2D eigenvalue weighted by Gasteiger charge is 2.08. The van der Waals surface area contributed by atoms with Gasteiger partial charge in [0.05, 0.1) is 7.11 Å². The van der Waals surface area contributed by atoms with E-state index in [1.54, 1.807) is 31.4 Å². The van der Waals surface area contributed by atoms with Crippen molar-refractivity contribution >= 4 is 17.5 Å². The van der Waals surface area contributed by atoms with Crippen LogP contribution in [0.1, 0.15) is 15.9 Å². The Balaban J connectivity index is 2.23. The van der Waals surface area contributed by atoms with E-state index in [4.69, 9.17) is 10.5 Å². The van der Waals surface area contributed by atoms with E-state index in [0.29, 0.717) is 17.0 Å². The van der Waals surface area contributed by atoms with Crippen LogP contribution in [0.15, 0.2) is 54.6 Å². The third-order valence-corrected chi connectivity index (χ3v) is 2.75. The molecule has 0 heterocycles. The van der Waals surface area contributed by atoms with E-state index in [2.05, 4.69) is 0 Å². The molecule has 2 aromatic carbocycles. The number of anilines is 1. The smallest absolute Gasteiger partial charge is 0.188 e. The lowest BCUT2D eigenvalue weighted by molar-refractivity contribution is 0.104. The van der Waals surface area contributed by atoms with E-state index in [1.165, 1.54) is 6.08 Å². The molecule has 0 bridgehead atoms. The molecule has 96 valence electrons. The fourth-order valence-electron chi connectivity index (χ4n) is 1.70. The minimum atomic E-state index is -0.139. The van der Waals surface area contributed by atoms with Crippen molar-refractivity contribution in [1.82, 2.24) is 0 Å². The van der Waals surface area contributed by atoms with Crippen LogP contribution in [0.5, 0.6) is 5.75 Å². The molecule has 0 radical (unpaired) electrons. The van der Waals surface area contributed by atoms with Crippen molar-refractivity contribution in [3.8, 4) is 5.75 Å². The summed E-state index contributed by atoms with van der Waals surface area (Å²) in [6.45, 7) is 0. The van der Waals surface area contributed by atoms with Gasteiger partial charge in [-0.05, 0) is 29.8 Å². The average Bonchev–Trinajstić information content (AvgIpc) is 2.46. The summed E-state index contributed by atoms with van der Waals surface area (Å²) in [5.41, 5.74) is 7.67. The maximum atomic E-state index is 12.1. The second-order valence-electron chi connectivity index (χ2n) is 4.06. The lowest BCUT2D eigenvalue weighted by Crippen LogP contribution is -2.01. The topological polar surface area (TPSA) is 52.3 Å². The van der Waals surface area contributed by atoms with Gasteiger partial charge in [0.25, 0.3) is 0 Å². The molecule has 2 N–H and O–H groups in total. The van der Waals surface area contributed by atoms with Gasteiger partial charge < -0.3 is 10.5 Å². The van der Waals surface area contributed by atoms with Gasteiger partial charge in [0.15, 0.2) is 5.78 Å². The Morgan fingerprint density at radius 2 is 1.89 bits per heavy atom. The second kappa shape index (κ2) is 5.87. The summed E-state index contributed by atoms with van der Waals surface area (Å²) in [4.78, 5) is 12.1. The van der Waals surface area contributed by atoms with Crippen LogP contribution in [0, 0.1) is 0 Å². The van der Waals surface area contributed by atoms with Crippen molar-refractivity contribution in [2.75, 3.05) is 12.8 Å². The predicted molar refractivity (Wildman–Crippen MR) is 77.2 cm³/mol. The zero-order valence-corrected chi connectivity index (χ0v) is 10.7. The third-order valence-electron chi connectivity index (χ3n) is 2.75. The number of nitrogen functional groups attached to an aromatic ring is 1. The first-order valence-corrected chi connectivity index (χ1v) is 5.91. The number of nitrogens with two attached hydrogens (primary N) is 1. The van der Waals surface area contributed by atoms with E-state index in [1.807, 2.05) is 30.3 Å². The van der Waals surface area contributed by atoms with E-state index in [-0.39, 0.29) is 5.78 Å². The Hall–Kier alpha value is -2.55. The molecule has 0 saturated carbocycles. The van der Waals surface area contributed by atoms with Crippen molar-refractivity contribution in [3.05, 3.63) is 65.7 Å². The van der Waals surface area contributed by atoms with Gasteiger partial charge >= 0.3 is 0 Å². The minimum Gasteiger partial charge on any atom is -0.497 e. The van der Waals surface area contributed by atoms with Crippen LogP contribution in [0.2, 0.25) is 0 Å². The first kappa shape index (κ1) is 12.9. The van der Waals surface area contributed by atoms with Crippen LogP contribution in [0.3, 0.4) is 0 Å². The summed E-state index contributed by atoms with van der Waals surface area (Å²) in [5, 5.41) is 0. The van der Waals surface area contributed by atoms with Crippen molar-refractivity contribution in [2.45, 2.75) is 0 Å². The Kier molecular flexibility index (Phi) is 3.98. The number of rotatable bonds is 4. The fraction of sp³-hybridized carbons (Fsp3) is 0.0625. The number of hydrogen-bond acceptors (Lipinski definition) is 3. The molecule has 0 fully saturated rings. The molecular formula is C16H15NO2. The van der Waals surface area contributed by atoms with Gasteiger partial charge in [-0.25, -0.2) is 0 Å². The van der Waals surface area contributed by atoms with Crippen LogP contribution in [0.25, 0.3) is 6.08 Å². The summed E-state index contributed by atoms with van der Waals surface area (Å²) >= 11 is 0. The number of carbonyl (C=O) groups excluding carboxylic acids is 1. The van der Waals surface area contributed by atoms with Gasteiger partial charge in [-0.1, -0.05) is 36.4 Å². The maximum Gasteiger partial charge on any atom is 0.188 e. The number of benzene rings is 2. The van der Waals surface area contributed by atoms with Crippen LogP contribution >= 0.6 is 0 Å². The Morgan fingerprint density at radius 3 is 2.58 bits per heavy atom. The van der Waals surface area contributed by atoms with Crippen LogP contribution < -0.4 is 10.5 Å². The van der Waals surface area contributed by atoms with Crippen LogP contribution in [-0.4, -0.2) is 12.9 Å². The van der Waals surface area contributed by atoms with Crippen molar-refractivity contribution in [1.29, 1.82) is 0 Å². The summed E-state index contributed by atoms with van der Waals surface area (Å²) in [6.07, 6.45) is 3.28. The van der Waals surface area contributed by atoms with E-state index >= 15 is 0 Å². The monoisotopic (exact) mass is 253 g/mol. The van der Waals surface area contributed by atoms with Crippen molar-refractivity contribution in [3.63, 3.8) is 0 Å². The number of ketones is 1. The number of ether oxygens (including phenoxy) is 1. The molecule has 19 heavy (non-hydrogen) atoms. The second-order valence-corrected chi connectivity index (χ2v) is 4.06. The molecule has 0 aromatic heterocycles. The first-order chi connectivity index (χ1) is 9.20. The summed E-state index contributed by atoms with van der Waals surface area (Å²) in [6, 6.07) is 14.7. The van der Waals surface area contributed by atoms with Gasteiger partial charge in [0.1, 0.15) is 5.75 Å². The van der Waals surface area contributed by atoms with Gasteiger partial charge in [0.2, 0.25) is 0 Å². The zero-order valence-electron chi connectivity index (χ0n) is 10.7. The van der Waals surface area contributed by atoms with E-state index in [0.717, 1.165) is 5.56 Å². The predicted octanol–water partition coefficient (Wildman–Crippen LogP) is 3.17. The first-order valence-electron chi connectivity index (χ1n) is 5.91. The summed E-state index contributed by atoms with van der Waals surface area (Å²) in [7, 11) is 1.56. The zero-order chi connectivity index (χ0) is 13.7. The molecule has 0 atom stereocenters. The standard InChI is InChI=1S/C16H15NO2/c1-19-13-8-9-15(17)14(11-13)16(18)10-7-12-5-3-2-4-6-12/h2-11H,17H2,1H3/b10-7+. The van der Waals surface area contributed by atoms with Gasteiger partial charge in [-0.3, -0.25) is 4.79 Å². The Bertz CT molecular complexity index is 603. The highest BCUT2D eigenvalue weighted by Crippen LogP contribution is 2.20. The molecule has 0 unspecified atom stereocenters. The molecule has 0 aliphatic heterocycles. The maximum absolute atomic E-state index is 12.1. The highest BCUT2D eigenvalue weighted by molar-refractivity contribution is 6.10. The minimum absolute atomic E-state index is 0.139. The highest BCUT2D eigenvalue weighted by atomic mass is 16.5. The van der Waals surface area contributed by atoms with Crippen LogP contribution in [0.4, 0.5) is 5.69 Å². The molecule has 0 aliphatic carbocycles. The molecule has 0 spiro atoms. The van der Waals surface area contributed by atoms with Crippen molar-refractivity contribution < 1.29 is 9.53 Å². The fourth-order valence-corrected chi connectivity index (χ4v) is 1.70. The summed E-state index contributed by atoms with van der Waals surface area (Å²) in [5.74, 6) is 0.478. The molecule has 2 rings (SSSR count).